The molecule has 20 heavy (non-hydrogen) atoms. The Bertz CT molecular complexity index is 583. The van der Waals surface area contributed by atoms with E-state index in [1.54, 1.807) is 6.07 Å². The SMILES string of the molecule is NC(COc1ccccc1C(F)(F)F)c1ccc(Cl)o1. The number of halogens is 4. The van der Waals surface area contributed by atoms with Crippen molar-refractivity contribution in [2.75, 3.05) is 6.61 Å². The van der Waals surface area contributed by atoms with Gasteiger partial charge in [-0.05, 0) is 35.9 Å². The molecule has 1 aromatic carbocycles. The lowest BCUT2D eigenvalue weighted by molar-refractivity contribution is -0.139. The van der Waals surface area contributed by atoms with Crippen LogP contribution in [0.1, 0.15) is 17.4 Å². The molecular formula is C13H11ClF3NO2. The number of nitrogens with two attached hydrogens (primary N) is 1. The van der Waals surface area contributed by atoms with E-state index in [1.807, 2.05) is 0 Å². The highest BCUT2D eigenvalue weighted by Crippen LogP contribution is 2.36. The van der Waals surface area contributed by atoms with Gasteiger partial charge in [0.05, 0.1) is 11.6 Å². The Morgan fingerprint density at radius 2 is 1.90 bits per heavy atom. The highest BCUT2D eigenvalue weighted by Gasteiger charge is 2.34. The Hall–Kier alpha value is -1.66. The van der Waals surface area contributed by atoms with E-state index < -0.39 is 17.8 Å². The summed E-state index contributed by atoms with van der Waals surface area (Å²) in [6.45, 7) is -0.156. The third kappa shape index (κ3) is 3.46. The fourth-order valence-corrected chi connectivity index (χ4v) is 1.77. The van der Waals surface area contributed by atoms with Gasteiger partial charge < -0.3 is 14.9 Å². The summed E-state index contributed by atoms with van der Waals surface area (Å²) in [6.07, 6.45) is -4.48. The maximum atomic E-state index is 12.8. The van der Waals surface area contributed by atoms with E-state index in [4.69, 9.17) is 26.5 Å². The molecular weight excluding hydrogens is 295 g/mol. The molecule has 1 heterocycles. The monoisotopic (exact) mass is 305 g/mol. The molecule has 1 unspecified atom stereocenters. The van der Waals surface area contributed by atoms with Gasteiger partial charge in [-0.15, -0.1) is 0 Å². The molecule has 2 aromatic rings. The lowest BCUT2D eigenvalue weighted by Crippen LogP contribution is -2.19. The molecule has 1 atom stereocenters. The molecule has 0 amide bonds. The van der Waals surface area contributed by atoms with Crippen molar-refractivity contribution >= 4 is 11.6 Å². The van der Waals surface area contributed by atoms with Crippen molar-refractivity contribution in [2.45, 2.75) is 12.2 Å². The number of ether oxygens (including phenoxy) is 1. The van der Waals surface area contributed by atoms with E-state index in [1.165, 1.54) is 24.3 Å². The van der Waals surface area contributed by atoms with Crippen LogP contribution in [0.2, 0.25) is 5.22 Å². The number of rotatable bonds is 4. The highest BCUT2D eigenvalue weighted by molar-refractivity contribution is 6.28. The zero-order valence-electron chi connectivity index (χ0n) is 10.2. The number of hydrogen-bond acceptors (Lipinski definition) is 3. The van der Waals surface area contributed by atoms with Gasteiger partial charge in [-0.25, -0.2) is 0 Å². The van der Waals surface area contributed by atoms with Crippen LogP contribution in [0.25, 0.3) is 0 Å². The number of furan rings is 1. The molecule has 0 aliphatic rings. The second-order valence-electron chi connectivity index (χ2n) is 4.05. The fraction of sp³-hybridized carbons (Fsp3) is 0.231. The van der Waals surface area contributed by atoms with Crippen LogP contribution in [-0.2, 0) is 6.18 Å². The van der Waals surface area contributed by atoms with Gasteiger partial charge >= 0.3 is 6.18 Å². The molecule has 0 spiro atoms. The van der Waals surface area contributed by atoms with Gasteiger partial charge in [-0.3, -0.25) is 0 Å². The first-order valence-corrected chi connectivity index (χ1v) is 6.05. The van der Waals surface area contributed by atoms with Crippen LogP contribution >= 0.6 is 11.6 Å². The molecule has 0 fully saturated rings. The number of benzene rings is 1. The summed E-state index contributed by atoms with van der Waals surface area (Å²) >= 11 is 5.59. The van der Waals surface area contributed by atoms with Gasteiger partial charge in [0.15, 0.2) is 5.22 Å². The normalized spacial score (nSPS) is 13.2. The fourth-order valence-electron chi connectivity index (χ4n) is 1.62. The van der Waals surface area contributed by atoms with Crippen molar-refractivity contribution in [3.8, 4) is 5.75 Å². The van der Waals surface area contributed by atoms with Crippen molar-refractivity contribution in [3.05, 3.63) is 52.9 Å². The third-order valence-corrected chi connectivity index (χ3v) is 2.77. The minimum Gasteiger partial charge on any atom is -0.491 e. The second kappa shape index (κ2) is 5.76. The first kappa shape index (κ1) is 14.7. The molecule has 0 saturated carbocycles. The lowest BCUT2D eigenvalue weighted by atomic mass is 10.2. The average molecular weight is 306 g/mol. The standard InChI is InChI=1S/C13H11ClF3NO2/c14-12-6-5-11(20-12)9(18)7-19-10-4-2-1-3-8(10)13(15,16)17/h1-6,9H,7,18H2. The van der Waals surface area contributed by atoms with E-state index in [2.05, 4.69) is 0 Å². The lowest BCUT2D eigenvalue weighted by Gasteiger charge is -2.15. The topological polar surface area (TPSA) is 48.4 Å². The Morgan fingerprint density at radius 1 is 1.20 bits per heavy atom. The quantitative estimate of drug-likeness (QED) is 0.927. The van der Waals surface area contributed by atoms with Gasteiger partial charge in [-0.2, -0.15) is 13.2 Å². The summed E-state index contributed by atoms with van der Waals surface area (Å²) in [5.41, 5.74) is 4.91. The van der Waals surface area contributed by atoms with Crippen LogP contribution in [0.5, 0.6) is 5.75 Å². The van der Waals surface area contributed by atoms with Crippen molar-refractivity contribution in [2.24, 2.45) is 5.73 Å². The zero-order chi connectivity index (χ0) is 14.8. The minimum atomic E-state index is -4.48. The second-order valence-corrected chi connectivity index (χ2v) is 4.43. The van der Waals surface area contributed by atoms with E-state index in [-0.39, 0.29) is 17.6 Å². The van der Waals surface area contributed by atoms with Crippen molar-refractivity contribution in [1.82, 2.24) is 0 Å². The highest BCUT2D eigenvalue weighted by atomic mass is 35.5. The number of para-hydroxylation sites is 1. The van der Waals surface area contributed by atoms with E-state index in [0.717, 1.165) is 6.07 Å². The smallest absolute Gasteiger partial charge is 0.419 e. The van der Waals surface area contributed by atoms with Gasteiger partial charge in [0.25, 0.3) is 0 Å². The van der Waals surface area contributed by atoms with Crippen LogP contribution in [0.3, 0.4) is 0 Å². The molecule has 0 bridgehead atoms. The number of hydrogen-bond donors (Lipinski definition) is 1. The molecule has 3 nitrogen and oxygen atoms in total. The molecule has 0 aliphatic heterocycles. The van der Waals surface area contributed by atoms with Crippen LogP contribution in [0, 0.1) is 0 Å². The van der Waals surface area contributed by atoms with Gasteiger partial charge in [-0.1, -0.05) is 12.1 Å². The van der Waals surface area contributed by atoms with Crippen LogP contribution in [0.15, 0.2) is 40.8 Å². The van der Waals surface area contributed by atoms with Gasteiger partial charge in [0.2, 0.25) is 0 Å². The minimum absolute atomic E-state index is 0.156. The van der Waals surface area contributed by atoms with E-state index in [0.29, 0.717) is 5.76 Å². The summed E-state index contributed by atoms with van der Waals surface area (Å²) in [6, 6.07) is 7.28. The third-order valence-electron chi connectivity index (χ3n) is 2.57. The van der Waals surface area contributed by atoms with E-state index in [9.17, 15) is 13.2 Å². The summed E-state index contributed by atoms with van der Waals surface area (Å²) in [5, 5.41) is 0.158. The molecule has 2 rings (SSSR count). The molecule has 0 saturated heterocycles. The molecule has 0 aliphatic carbocycles. The first-order chi connectivity index (χ1) is 9.38. The van der Waals surface area contributed by atoms with Crippen LogP contribution < -0.4 is 10.5 Å². The largest absolute Gasteiger partial charge is 0.491 e. The van der Waals surface area contributed by atoms with Gasteiger partial charge in [0.1, 0.15) is 18.1 Å². The maximum absolute atomic E-state index is 12.8. The summed E-state index contributed by atoms with van der Waals surface area (Å²) in [4.78, 5) is 0. The van der Waals surface area contributed by atoms with Crippen molar-refractivity contribution in [1.29, 1.82) is 0 Å². The molecule has 0 radical (unpaired) electrons. The predicted octanol–water partition coefficient (Wildman–Crippen LogP) is 4.03. The number of alkyl halides is 3. The molecule has 2 N–H and O–H groups in total. The average Bonchev–Trinajstić information content (AvgIpc) is 2.82. The zero-order valence-corrected chi connectivity index (χ0v) is 10.9. The summed E-state index contributed by atoms with van der Waals surface area (Å²) in [5.74, 6) is 0.0765. The predicted molar refractivity (Wildman–Crippen MR) is 67.6 cm³/mol. The Balaban J connectivity index is 2.08. The van der Waals surface area contributed by atoms with E-state index >= 15 is 0 Å². The van der Waals surface area contributed by atoms with Crippen molar-refractivity contribution < 1.29 is 22.3 Å². The Labute approximate surface area is 118 Å². The van der Waals surface area contributed by atoms with Crippen molar-refractivity contribution in [3.63, 3.8) is 0 Å². The van der Waals surface area contributed by atoms with Crippen LogP contribution in [0.4, 0.5) is 13.2 Å². The summed E-state index contributed by atoms with van der Waals surface area (Å²) in [7, 11) is 0. The maximum Gasteiger partial charge on any atom is 0.419 e. The first-order valence-electron chi connectivity index (χ1n) is 5.68. The Kier molecular flexibility index (Phi) is 4.25. The van der Waals surface area contributed by atoms with Gasteiger partial charge in [0, 0.05) is 0 Å². The molecule has 1 aromatic heterocycles. The summed E-state index contributed by atoms with van der Waals surface area (Å²) < 4.78 is 48.5. The van der Waals surface area contributed by atoms with Crippen LogP contribution in [-0.4, -0.2) is 6.61 Å². The molecule has 108 valence electrons. The Morgan fingerprint density at radius 3 is 2.50 bits per heavy atom. The molecule has 7 heteroatoms.